The molecule has 0 radical (unpaired) electrons. The van der Waals surface area contributed by atoms with Gasteiger partial charge in [-0.2, -0.15) is 4.39 Å². The zero-order valence-corrected chi connectivity index (χ0v) is 14.9. The Hall–Kier alpha value is -3.02. The number of hydrogen-bond acceptors (Lipinski definition) is 3. The fourth-order valence-electron chi connectivity index (χ4n) is 4.05. The highest BCUT2D eigenvalue weighted by atomic mass is 19.1. The third-order valence-electron chi connectivity index (χ3n) is 5.29. The van der Waals surface area contributed by atoms with E-state index in [9.17, 15) is 9.18 Å². The number of aromatic nitrogens is 3. The number of rotatable bonds is 4. The normalized spacial score (nSPS) is 19.7. The number of amides is 1. The van der Waals surface area contributed by atoms with Gasteiger partial charge in [0, 0.05) is 41.1 Å². The van der Waals surface area contributed by atoms with Crippen molar-refractivity contribution in [3.8, 4) is 11.1 Å². The number of nitrogens with zero attached hydrogens (tertiary/aromatic N) is 2. The summed E-state index contributed by atoms with van der Waals surface area (Å²) >= 11 is 0. The predicted molar refractivity (Wildman–Crippen MR) is 103 cm³/mol. The Morgan fingerprint density at radius 3 is 2.96 bits per heavy atom. The maximum atomic E-state index is 13.2. The summed E-state index contributed by atoms with van der Waals surface area (Å²) in [5, 5.41) is 4.08. The molecule has 3 heterocycles. The molecule has 1 amide bonds. The SMILES string of the molecule is C=CC(=O)NC1CCCC(c2ccnc3[nH]cc(-c4ccc(F)nc4)c23)C1. The molecule has 3 aromatic rings. The van der Waals surface area contributed by atoms with Crippen molar-refractivity contribution >= 4 is 16.9 Å². The Kier molecular flexibility index (Phi) is 4.71. The molecule has 27 heavy (non-hydrogen) atoms. The van der Waals surface area contributed by atoms with Crippen LogP contribution in [0.25, 0.3) is 22.2 Å². The first-order valence-corrected chi connectivity index (χ1v) is 9.16. The molecule has 1 saturated carbocycles. The number of nitrogens with one attached hydrogen (secondary N) is 2. The predicted octanol–water partition coefficient (Wildman–Crippen LogP) is 4.09. The van der Waals surface area contributed by atoms with Crippen LogP contribution in [0.2, 0.25) is 0 Å². The van der Waals surface area contributed by atoms with E-state index in [-0.39, 0.29) is 11.9 Å². The fraction of sp³-hybridized carbons (Fsp3) is 0.286. The summed E-state index contributed by atoms with van der Waals surface area (Å²) < 4.78 is 13.2. The second-order valence-corrected chi connectivity index (χ2v) is 6.97. The van der Waals surface area contributed by atoms with Crippen molar-refractivity contribution in [2.45, 2.75) is 37.6 Å². The van der Waals surface area contributed by atoms with E-state index in [0.29, 0.717) is 5.92 Å². The molecule has 0 saturated heterocycles. The van der Waals surface area contributed by atoms with Crippen molar-refractivity contribution in [1.29, 1.82) is 0 Å². The molecule has 6 heteroatoms. The molecule has 0 aromatic carbocycles. The largest absolute Gasteiger partial charge is 0.350 e. The van der Waals surface area contributed by atoms with Gasteiger partial charge in [0.1, 0.15) is 5.65 Å². The second kappa shape index (κ2) is 7.31. The Morgan fingerprint density at radius 1 is 1.30 bits per heavy atom. The molecule has 0 aliphatic heterocycles. The first kappa shape index (κ1) is 17.4. The summed E-state index contributed by atoms with van der Waals surface area (Å²) in [6, 6.07) is 5.30. The quantitative estimate of drug-likeness (QED) is 0.541. The lowest BCUT2D eigenvalue weighted by Crippen LogP contribution is -2.37. The summed E-state index contributed by atoms with van der Waals surface area (Å²) in [5.74, 6) is -0.299. The van der Waals surface area contributed by atoms with Gasteiger partial charge in [0.15, 0.2) is 0 Å². The van der Waals surface area contributed by atoms with E-state index in [1.165, 1.54) is 17.7 Å². The van der Waals surface area contributed by atoms with Gasteiger partial charge in [-0.3, -0.25) is 4.79 Å². The van der Waals surface area contributed by atoms with E-state index in [1.54, 1.807) is 12.3 Å². The molecule has 2 atom stereocenters. The van der Waals surface area contributed by atoms with Crippen LogP contribution in [0.3, 0.4) is 0 Å². The first-order valence-electron chi connectivity index (χ1n) is 9.16. The Balaban J connectivity index is 1.71. The van der Waals surface area contributed by atoms with E-state index in [2.05, 4.69) is 32.9 Å². The Bertz CT molecular complexity index is 980. The molecule has 1 aliphatic rings. The van der Waals surface area contributed by atoms with Crippen LogP contribution >= 0.6 is 0 Å². The maximum Gasteiger partial charge on any atom is 0.243 e. The summed E-state index contributed by atoms with van der Waals surface area (Å²) in [6.07, 6.45) is 10.5. The van der Waals surface area contributed by atoms with Crippen LogP contribution in [-0.2, 0) is 4.79 Å². The highest BCUT2D eigenvalue weighted by Gasteiger charge is 2.26. The van der Waals surface area contributed by atoms with E-state index in [0.717, 1.165) is 47.8 Å². The van der Waals surface area contributed by atoms with Gasteiger partial charge in [0.2, 0.25) is 11.9 Å². The van der Waals surface area contributed by atoms with Gasteiger partial charge in [-0.1, -0.05) is 13.0 Å². The van der Waals surface area contributed by atoms with Crippen LogP contribution in [0.5, 0.6) is 0 Å². The van der Waals surface area contributed by atoms with Crippen molar-refractivity contribution in [1.82, 2.24) is 20.3 Å². The summed E-state index contributed by atoms with van der Waals surface area (Å²) in [4.78, 5) is 23.1. The van der Waals surface area contributed by atoms with Crippen molar-refractivity contribution < 1.29 is 9.18 Å². The molecular formula is C21H21FN4O. The third kappa shape index (κ3) is 3.47. The van der Waals surface area contributed by atoms with Gasteiger partial charge >= 0.3 is 0 Å². The third-order valence-corrected chi connectivity index (χ3v) is 5.29. The maximum absolute atomic E-state index is 13.2. The van der Waals surface area contributed by atoms with Gasteiger partial charge in [-0.25, -0.2) is 9.97 Å². The number of aromatic amines is 1. The van der Waals surface area contributed by atoms with Gasteiger partial charge < -0.3 is 10.3 Å². The van der Waals surface area contributed by atoms with Crippen LogP contribution in [-0.4, -0.2) is 26.9 Å². The molecule has 138 valence electrons. The second-order valence-electron chi connectivity index (χ2n) is 6.97. The first-order chi connectivity index (χ1) is 13.2. The van der Waals surface area contributed by atoms with Crippen molar-refractivity contribution in [2.75, 3.05) is 0 Å². The zero-order valence-electron chi connectivity index (χ0n) is 14.9. The van der Waals surface area contributed by atoms with Gasteiger partial charge in [-0.15, -0.1) is 0 Å². The average molecular weight is 364 g/mol. The topological polar surface area (TPSA) is 70.7 Å². The average Bonchev–Trinajstić information content (AvgIpc) is 3.13. The van der Waals surface area contributed by atoms with Crippen molar-refractivity contribution in [2.24, 2.45) is 0 Å². The van der Waals surface area contributed by atoms with E-state index in [1.807, 2.05) is 12.4 Å². The molecule has 2 N–H and O–H groups in total. The number of H-pyrrole nitrogens is 1. The number of pyridine rings is 2. The molecule has 4 rings (SSSR count). The number of carbonyl (C=O) groups excluding carboxylic acids is 1. The summed E-state index contributed by atoms with van der Waals surface area (Å²) in [5.41, 5.74) is 3.84. The smallest absolute Gasteiger partial charge is 0.243 e. The van der Waals surface area contributed by atoms with E-state index < -0.39 is 5.95 Å². The van der Waals surface area contributed by atoms with Crippen LogP contribution in [0.4, 0.5) is 4.39 Å². The minimum absolute atomic E-state index is 0.125. The highest BCUT2D eigenvalue weighted by molar-refractivity contribution is 5.96. The van der Waals surface area contributed by atoms with Crippen molar-refractivity contribution in [3.05, 3.63) is 61.0 Å². The minimum Gasteiger partial charge on any atom is -0.350 e. The lowest BCUT2D eigenvalue weighted by Gasteiger charge is -2.30. The van der Waals surface area contributed by atoms with Crippen molar-refractivity contribution in [3.63, 3.8) is 0 Å². The lowest BCUT2D eigenvalue weighted by atomic mass is 9.80. The van der Waals surface area contributed by atoms with Crippen LogP contribution < -0.4 is 5.32 Å². The summed E-state index contributed by atoms with van der Waals surface area (Å²) in [7, 11) is 0. The molecule has 1 fully saturated rings. The number of hydrogen-bond donors (Lipinski definition) is 2. The summed E-state index contributed by atoms with van der Waals surface area (Å²) in [6.45, 7) is 3.53. The number of halogens is 1. The molecule has 0 bridgehead atoms. The molecule has 0 spiro atoms. The van der Waals surface area contributed by atoms with E-state index in [4.69, 9.17) is 0 Å². The van der Waals surface area contributed by atoms with Crippen LogP contribution in [0.1, 0.15) is 37.2 Å². The standard InChI is InChI=1S/C21H21FN4O/c1-2-19(27)26-15-5-3-4-13(10-15)16-8-9-23-21-20(16)17(12-25-21)14-6-7-18(22)24-11-14/h2,6-9,11-13,15H,1,3-5,10H2,(H,23,25)(H,26,27). The van der Waals surface area contributed by atoms with Gasteiger partial charge in [0.05, 0.1) is 0 Å². The monoisotopic (exact) mass is 364 g/mol. The van der Waals surface area contributed by atoms with E-state index >= 15 is 0 Å². The van der Waals surface area contributed by atoms with Crippen LogP contribution in [0, 0.1) is 5.95 Å². The van der Waals surface area contributed by atoms with Gasteiger partial charge in [-0.05, 0) is 55.0 Å². The Morgan fingerprint density at radius 2 is 2.19 bits per heavy atom. The fourth-order valence-corrected chi connectivity index (χ4v) is 4.05. The highest BCUT2D eigenvalue weighted by Crippen LogP contribution is 2.39. The number of fused-ring (bicyclic) bond motifs is 1. The van der Waals surface area contributed by atoms with Gasteiger partial charge in [0.25, 0.3) is 0 Å². The molecule has 2 unspecified atom stereocenters. The Labute approximate surface area is 156 Å². The molecular weight excluding hydrogens is 343 g/mol. The lowest BCUT2D eigenvalue weighted by molar-refractivity contribution is -0.117. The molecule has 1 aliphatic carbocycles. The minimum atomic E-state index is -0.495. The zero-order chi connectivity index (χ0) is 18.8. The number of carbonyl (C=O) groups is 1. The van der Waals surface area contributed by atoms with Crippen LogP contribution in [0.15, 0.2) is 49.4 Å². The molecule has 5 nitrogen and oxygen atoms in total. The molecule has 3 aromatic heterocycles.